The summed E-state index contributed by atoms with van der Waals surface area (Å²) >= 11 is 0. The molecule has 0 aliphatic carbocycles. The summed E-state index contributed by atoms with van der Waals surface area (Å²) in [6, 6.07) is 11.4. The molecule has 0 saturated heterocycles. The number of ether oxygens (including phenoxy) is 1. The zero-order valence-corrected chi connectivity index (χ0v) is 16.3. The highest BCUT2D eigenvalue weighted by Crippen LogP contribution is 2.30. The molecule has 0 aliphatic heterocycles. The highest BCUT2D eigenvalue weighted by molar-refractivity contribution is 7.82. The summed E-state index contributed by atoms with van der Waals surface area (Å²) in [5, 5.41) is 9.22. The standard InChI is InChI=1S/C17H14F3N3O2S.C2H6/c1-25-16-7-2-10(8-13(16)18)15-9-14(17(19)20)22-23(15)11-3-5-12(6-4-11)26(21)24;1-2/h2-9,17H,21H2,1H3;1-2H3. The molecule has 9 heteroatoms. The Morgan fingerprint density at radius 3 is 2.25 bits per heavy atom. The molecule has 2 N–H and O–H groups in total. The van der Waals surface area contributed by atoms with E-state index in [2.05, 4.69) is 5.10 Å². The summed E-state index contributed by atoms with van der Waals surface area (Å²) in [6.45, 7) is 4.00. The molecular weight excluding hydrogens is 391 g/mol. The summed E-state index contributed by atoms with van der Waals surface area (Å²) in [7, 11) is -0.324. The fourth-order valence-electron chi connectivity index (χ4n) is 2.46. The van der Waals surface area contributed by atoms with Gasteiger partial charge < -0.3 is 4.74 Å². The van der Waals surface area contributed by atoms with Crippen molar-refractivity contribution < 1.29 is 22.1 Å². The lowest BCUT2D eigenvalue weighted by Crippen LogP contribution is -2.04. The van der Waals surface area contributed by atoms with Crippen LogP contribution in [0.3, 0.4) is 0 Å². The summed E-state index contributed by atoms with van der Waals surface area (Å²) in [6.07, 6.45) is -2.78. The monoisotopic (exact) mass is 411 g/mol. The first-order valence-corrected chi connectivity index (χ1v) is 9.60. The number of benzene rings is 2. The van der Waals surface area contributed by atoms with Gasteiger partial charge in [0.15, 0.2) is 11.6 Å². The number of hydrogen-bond donors (Lipinski definition) is 1. The number of nitrogens with two attached hydrogens (primary N) is 1. The van der Waals surface area contributed by atoms with Crippen LogP contribution in [0.1, 0.15) is 26.0 Å². The molecule has 2 aromatic carbocycles. The van der Waals surface area contributed by atoms with Gasteiger partial charge in [-0.3, -0.25) is 0 Å². The lowest BCUT2D eigenvalue weighted by Gasteiger charge is -2.09. The first-order valence-electron chi connectivity index (χ1n) is 8.39. The Kier molecular flexibility index (Phi) is 7.36. The normalized spacial score (nSPS) is 11.7. The minimum Gasteiger partial charge on any atom is -0.494 e. The molecular formula is C19H20F3N3O2S. The van der Waals surface area contributed by atoms with Crippen molar-refractivity contribution in [3.8, 4) is 22.7 Å². The largest absolute Gasteiger partial charge is 0.494 e. The second-order valence-corrected chi connectivity index (χ2v) is 6.37. The lowest BCUT2D eigenvalue weighted by molar-refractivity contribution is 0.145. The smallest absolute Gasteiger partial charge is 0.282 e. The average Bonchev–Trinajstić information content (AvgIpc) is 3.15. The van der Waals surface area contributed by atoms with E-state index in [0.29, 0.717) is 16.1 Å². The van der Waals surface area contributed by atoms with Crippen LogP contribution in [0.15, 0.2) is 53.4 Å². The first kappa shape index (κ1) is 21.6. The molecule has 0 spiro atoms. The van der Waals surface area contributed by atoms with Crippen LogP contribution in [0.2, 0.25) is 0 Å². The van der Waals surface area contributed by atoms with Crippen molar-refractivity contribution >= 4 is 11.0 Å². The fraction of sp³-hybridized carbons (Fsp3) is 0.211. The van der Waals surface area contributed by atoms with Gasteiger partial charge in [-0.25, -0.2) is 27.2 Å². The third-order valence-corrected chi connectivity index (χ3v) is 4.45. The number of aromatic nitrogens is 2. The number of rotatable bonds is 5. The van der Waals surface area contributed by atoms with E-state index < -0.39 is 28.9 Å². The molecule has 5 nitrogen and oxygen atoms in total. The van der Waals surface area contributed by atoms with Crippen LogP contribution < -0.4 is 9.88 Å². The van der Waals surface area contributed by atoms with Gasteiger partial charge in [-0.05, 0) is 48.5 Å². The molecule has 28 heavy (non-hydrogen) atoms. The number of hydrogen-bond acceptors (Lipinski definition) is 3. The van der Waals surface area contributed by atoms with E-state index in [4.69, 9.17) is 9.88 Å². The Morgan fingerprint density at radius 1 is 1.11 bits per heavy atom. The molecule has 0 fully saturated rings. The van der Waals surface area contributed by atoms with E-state index >= 15 is 0 Å². The molecule has 3 rings (SSSR count). The molecule has 1 unspecified atom stereocenters. The zero-order chi connectivity index (χ0) is 20.8. The van der Waals surface area contributed by atoms with Gasteiger partial charge in [0.1, 0.15) is 16.7 Å². The zero-order valence-electron chi connectivity index (χ0n) is 15.5. The summed E-state index contributed by atoms with van der Waals surface area (Å²) in [4.78, 5) is 0.382. The highest BCUT2D eigenvalue weighted by Gasteiger charge is 2.19. The van der Waals surface area contributed by atoms with E-state index in [1.807, 2.05) is 13.8 Å². The molecule has 1 aromatic heterocycles. The maximum absolute atomic E-state index is 14.0. The molecule has 0 bridgehead atoms. The van der Waals surface area contributed by atoms with Gasteiger partial charge in [0.2, 0.25) is 0 Å². The molecule has 1 atom stereocenters. The van der Waals surface area contributed by atoms with Gasteiger partial charge in [-0.1, -0.05) is 13.8 Å². The number of alkyl halides is 2. The molecule has 0 radical (unpaired) electrons. The van der Waals surface area contributed by atoms with E-state index in [1.54, 1.807) is 18.2 Å². The first-order chi connectivity index (χ1) is 13.4. The van der Waals surface area contributed by atoms with Crippen LogP contribution in [0.5, 0.6) is 5.75 Å². The van der Waals surface area contributed by atoms with Gasteiger partial charge >= 0.3 is 0 Å². The Labute approximate surface area is 163 Å². The second-order valence-electron chi connectivity index (χ2n) is 5.31. The van der Waals surface area contributed by atoms with Gasteiger partial charge in [0.25, 0.3) is 6.43 Å². The van der Waals surface area contributed by atoms with E-state index in [-0.39, 0.29) is 11.4 Å². The van der Waals surface area contributed by atoms with Gasteiger partial charge in [-0.15, -0.1) is 0 Å². The minimum absolute atomic E-state index is 0.0451. The number of nitrogens with zero attached hydrogens (tertiary/aromatic N) is 2. The van der Waals surface area contributed by atoms with E-state index in [9.17, 15) is 17.4 Å². The van der Waals surface area contributed by atoms with Crippen LogP contribution >= 0.6 is 0 Å². The van der Waals surface area contributed by atoms with E-state index in [0.717, 1.165) is 0 Å². The Morgan fingerprint density at radius 2 is 1.75 bits per heavy atom. The Hall–Kier alpha value is -2.65. The Balaban J connectivity index is 0.00000136. The van der Waals surface area contributed by atoms with Gasteiger partial charge in [-0.2, -0.15) is 5.10 Å². The summed E-state index contributed by atoms with van der Waals surface area (Å²) in [5.74, 6) is -0.575. The molecule has 0 amide bonds. The van der Waals surface area contributed by atoms with Crippen molar-refractivity contribution in [1.82, 2.24) is 9.78 Å². The van der Waals surface area contributed by atoms with Crippen LogP contribution in [0.4, 0.5) is 13.2 Å². The topological polar surface area (TPSA) is 70.1 Å². The Bertz CT molecular complexity index is 960. The summed E-state index contributed by atoms with van der Waals surface area (Å²) < 4.78 is 57.7. The third kappa shape index (κ3) is 4.60. The van der Waals surface area contributed by atoms with Crippen LogP contribution in [0.25, 0.3) is 16.9 Å². The lowest BCUT2D eigenvalue weighted by atomic mass is 10.1. The van der Waals surface area contributed by atoms with Crippen LogP contribution in [0, 0.1) is 5.82 Å². The molecule has 0 aliphatic rings. The SMILES string of the molecule is CC.COc1ccc(-c2cc(C(F)F)nn2-c2ccc(S(N)=O)cc2)cc1F. The molecule has 150 valence electrons. The van der Waals surface area contributed by atoms with Crippen molar-refractivity contribution in [2.75, 3.05) is 7.11 Å². The molecule has 3 aromatic rings. The van der Waals surface area contributed by atoms with E-state index in [1.165, 1.54) is 42.1 Å². The quantitative estimate of drug-likeness (QED) is 0.665. The van der Waals surface area contributed by atoms with Crippen molar-refractivity contribution in [3.63, 3.8) is 0 Å². The van der Waals surface area contributed by atoms with Crippen LogP contribution in [-0.4, -0.2) is 21.1 Å². The molecule has 0 saturated carbocycles. The maximum atomic E-state index is 14.0. The van der Waals surface area contributed by atoms with Crippen molar-refractivity contribution in [2.45, 2.75) is 25.2 Å². The second kappa shape index (κ2) is 9.52. The number of methoxy groups -OCH3 is 1. The third-order valence-electron chi connectivity index (χ3n) is 3.71. The van der Waals surface area contributed by atoms with Crippen molar-refractivity contribution in [2.24, 2.45) is 5.14 Å². The predicted octanol–water partition coefficient (Wildman–Crippen LogP) is 4.63. The highest BCUT2D eigenvalue weighted by atomic mass is 32.2. The minimum atomic E-state index is -2.78. The average molecular weight is 411 g/mol. The van der Waals surface area contributed by atoms with Gasteiger partial charge in [0, 0.05) is 5.56 Å². The number of halogens is 3. The fourth-order valence-corrected chi connectivity index (χ4v) is 2.86. The maximum Gasteiger partial charge on any atom is 0.282 e. The van der Waals surface area contributed by atoms with Crippen LogP contribution in [-0.2, 0) is 11.0 Å². The predicted molar refractivity (Wildman–Crippen MR) is 102 cm³/mol. The summed E-state index contributed by atoms with van der Waals surface area (Å²) in [5.41, 5.74) is 0.637. The van der Waals surface area contributed by atoms with Crippen molar-refractivity contribution in [3.05, 3.63) is 60.0 Å². The van der Waals surface area contributed by atoms with Gasteiger partial charge in [0.05, 0.1) is 23.4 Å². The van der Waals surface area contributed by atoms with Crippen molar-refractivity contribution in [1.29, 1.82) is 0 Å². The molecule has 1 heterocycles.